The van der Waals surface area contributed by atoms with E-state index in [4.69, 9.17) is 0 Å². The van der Waals surface area contributed by atoms with Gasteiger partial charge in [0.05, 0.1) is 13.1 Å². The van der Waals surface area contributed by atoms with Crippen LogP contribution in [0.15, 0.2) is 24.3 Å². The third kappa shape index (κ3) is 6.38. The first kappa shape index (κ1) is 17.4. The number of piperidine rings is 1. The Hall–Kier alpha value is -1.92. The van der Waals surface area contributed by atoms with E-state index in [0.717, 1.165) is 13.1 Å². The monoisotopic (exact) mass is 318 g/mol. The van der Waals surface area contributed by atoms with Crippen molar-refractivity contribution >= 4 is 23.2 Å². The number of anilines is 2. The molecule has 2 amide bonds. The van der Waals surface area contributed by atoms with Crippen molar-refractivity contribution in [1.29, 1.82) is 0 Å². The van der Waals surface area contributed by atoms with Crippen LogP contribution in [0.5, 0.6) is 0 Å². The molecule has 2 rings (SSSR count). The first-order chi connectivity index (χ1) is 11.0. The van der Waals surface area contributed by atoms with Crippen molar-refractivity contribution in [3.63, 3.8) is 0 Å². The van der Waals surface area contributed by atoms with Gasteiger partial charge in [0, 0.05) is 11.4 Å². The van der Waals surface area contributed by atoms with Gasteiger partial charge >= 0.3 is 0 Å². The van der Waals surface area contributed by atoms with Gasteiger partial charge in [0.15, 0.2) is 0 Å². The van der Waals surface area contributed by atoms with Crippen molar-refractivity contribution in [3.05, 3.63) is 24.3 Å². The number of rotatable bonds is 6. The largest absolute Gasteiger partial charge is 0.325 e. The van der Waals surface area contributed by atoms with Gasteiger partial charge in [0.2, 0.25) is 11.8 Å². The molecule has 1 aromatic rings. The average Bonchev–Trinajstić information content (AvgIpc) is 2.47. The number of nitrogens with one attached hydrogen (secondary N) is 2. The zero-order valence-corrected chi connectivity index (χ0v) is 14.0. The van der Waals surface area contributed by atoms with Crippen LogP contribution in [0.25, 0.3) is 0 Å². The van der Waals surface area contributed by atoms with Gasteiger partial charge in [-0.1, -0.05) is 12.5 Å². The van der Waals surface area contributed by atoms with Gasteiger partial charge in [-0.25, -0.2) is 0 Å². The summed E-state index contributed by atoms with van der Waals surface area (Å²) < 4.78 is 0. The zero-order chi connectivity index (χ0) is 16.7. The van der Waals surface area contributed by atoms with E-state index >= 15 is 0 Å². The molecule has 2 N–H and O–H groups in total. The molecule has 0 spiro atoms. The molecule has 0 radical (unpaired) electrons. The topological polar surface area (TPSA) is 64.7 Å². The Morgan fingerprint density at radius 3 is 2.26 bits per heavy atom. The molecule has 0 atom stereocenters. The minimum Gasteiger partial charge on any atom is -0.325 e. The van der Waals surface area contributed by atoms with Crippen LogP contribution in [-0.4, -0.2) is 61.9 Å². The second-order valence-electron chi connectivity index (χ2n) is 6.25. The molecule has 1 saturated heterocycles. The number of carbonyl (C=O) groups is 2. The second kappa shape index (κ2) is 8.64. The van der Waals surface area contributed by atoms with E-state index < -0.39 is 0 Å². The highest BCUT2D eigenvalue weighted by molar-refractivity contribution is 5.95. The van der Waals surface area contributed by atoms with Gasteiger partial charge in [0.1, 0.15) is 0 Å². The molecule has 0 aromatic heterocycles. The lowest BCUT2D eigenvalue weighted by molar-refractivity contribution is -0.118. The van der Waals surface area contributed by atoms with Gasteiger partial charge in [-0.05, 0) is 58.2 Å². The van der Waals surface area contributed by atoms with Gasteiger partial charge in [-0.3, -0.25) is 14.5 Å². The molecule has 1 heterocycles. The second-order valence-corrected chi connectivity index (χ2v) is 6.25. The molecule has 0 aliphatic carbocycles. The summed E-state index contributed by atoms with van der Waals surface area (Å²) in [5, 5.41) is 5.73. The number of likely N-dealkylation sites (N-methyl/N-ethyl adjacent to an activating group) is 1. The Balaban J connectivity index is 1.86. The first-order valence-corrected chi connectivity index (χ1v) is 8.10. The van der Waals surface area contributed by atoms with Crippen LogP contribution in [0, 0.1) is 0 Å². The third-order valence-electron chi connectivity index (χ3n) is 3.71. The van der Waals surface area contributed by atoms with Crippen molar-refractivity contribution in [2.75, 3.05) is 50.9 Å². The standard InChI is InChI=1S/C17H26N4O2/c1-20(2)12-16(22)18-14-7-6-8-15(11-14)19-17(23)13-21-9-4-3-5-10-21/h6-8,11H,3-5,9-10,12-13H2,1-2H3,(H,18,22)(H,19,23). The number of carbonyl (C=O) groups excluding carboxylic acids is 2. The van der Waals surface area contributed by atoms with E-state index in [2.05, 4.69) is 15.5 Å². The molecular weight excluding hydrogens is 292 g/mol. The third-order valence-corrected chi connectivity index (χ3v) is 3.71. The van der Waals surface area contributed by atoms with Crippen LogP contribution in [0.2, 0.25) is 0 Å². The number of amides is 2. The van der Waals surface area contributed by atoms with Crippen LogP contribution < -0.4 is 10.6 Å². The molecular formula is C17H26N4O2. The van der Waals surface area contributed by atoms with Crippen LogP contribution >= 0.6 is 0 Å². The van der Waals surface area contributed by atoms with Crippen LogP contribution in [-0.2, 0) is 9.59 Å². The highest BCUT2D eigenvalue weighted by atomic mass is 16.2. The fourth-order valence-electron chi connectivity index (χ4n) is 2.68. The van der Waals surface area contributed by atoms with Crippen molar-refractivity contribution in [3.8, 4) is 0 Å². The predicted octanol–water partition coefficient (Wildman–Crippen LogP) is 1.61. The van der Waals surface area contributed by atoms with E-state index in [1.165, 1.54) is 19.3 Å². The maximum atomic E-state index is 12.1. The predicted molar refractivity (Wildman–Crippen MR) is 92.5 cm³/mol. The summed E-state index contributed by atoms with van der Waals surface area (Å²) in [6.45, 7) is 2.74. The maximum absolute atomic E-state index is 12.1. The fraction of sp³-hybridized carbons (Fsp3) is 0.529. The number of nitrogens with zero attached hydrogens (tertiary/aromatic N) is 2. The Bertz CT molecular complexity index is 539. The summed E-state index contributed by atoms with van der Waals surface area (Å²) >= 11 is 0. The summed E-state index contributed by atoms with van der Waals surface area (Å²) in [6.07, 6.45) is 3.59. The number of hydrogen-bond acceptors (Lipinski definition) is 4. The normalized spacial score (nSPS) is 15.4. The van der Waals surface area contributed by atoms with Crippen molar-refractivity contribution in [2.45, 2.75) is 19.3 Å². The van der Waals surface area contributed by atoms with E-state index in [1.807, 2.05) is 32.3 Å². The highest BCUT2D eigenvalue weighted by Crippen LogP contribution is 2.15. The van der Waals surface area contributed by atoms with E-state index in [0.29, 0.717) is 24.5 Å². The number of hydrogen-bond donors (Lipinski definition) is 2. The number of likely N-dealkylation sites (tertiary alicyclic amines) is 1. The highest BCUT2D eigenvalue weighted by Gasteiger charge is 2.14. The van der Waals surface area contributed by atoms with Gasteiger partial charge < -0.3 is 15.5 Å². The Labute approximate surface area is 137 Å². The molecule has 6 nitrogen and oxygen atoms in total. The Morgan fingerprint density at radius 1 is 1.04 bits per heavy atom. The van der Waals surface area contributed by atoms with Crippen LogP contribution in [0.4, 0.5) is 11.4 Å². The van der Waals surface area contributed by atoms with Crippen LogP contribution in [0.3, 0.4) is 0 Å². The lowest BCUT2D eigenvalue weighted by Gasteiger charge is -2.25. The van der Waals surface area contributed by atoms with E-state index in [9.17, 15) is 9.59 Å². The minimum atomic E-state index is -0.0770. The fourth-order valence-corrected chi connectivity index (χ4v) is 2.68. The average molecular weight is 318 g/mol. The smallest absolute Gasteiger partial charge is 0.238 e. The van der Waals surface area contributed by atoms with E-state index in [1.54, 1.807) is 11.0 Å². The Kier molecular flexibility index (Phi) is 6.55. The quantitative estimate of drug-likeness (QED) is 0.836. The van der Waals surface area contributed by atoms with Gasteiger partial charge in [0.25, 0.3) is 0 Å². The van der Waals surface area contributed by atoms with Gasteiger partial charge in [-0.2, -0.15) is 0 Å². The lowest BCUT2D eigenvalue weighted by Crippen LogP contribution is -2.36. The summed E-state index contributed by atoms with van der Waals surface area (Å²) in [5.41, 5.74) is 1.39. The molecule has 126 valence electrons. The molecule has 0 bridgehead atoms. The first-order valence-electron chi connectivity index (χ1n) is 8.10. The van der Waals surface area contributed by atoms with E-state index in [-0.39, 0.29) is 11.8 Å². The molecule has 1 aromatic carbocycles. The molecule has 0 saturated carbocycles. The summed E-state index contributed by atoms with van der Waals surface area (Å²) in [6, 6.07) is 7.24. The van der Waals surface area contributed by atoms with Crippen molar-refractivity contribution < 1.29 is 9.59 Å². The van der Waals surface area contributed by atoms with Gasteiger partial charge in [-0.15, -0.1) is 0 Å². The molecule has 1 aliphatic heterocycles. The molecule has 6 heteroatoms. The molecule has 0 unspecified atom stereocenters. The SMILES string of the molecule is CN(C)CC(=O)Nc1cccc(NC(=O)CN2CCCCC2)c1. The van der Waals surface area contributed by atoms with Crippen LogP contribution in [0.1, 0.15) is 19.3 Å². The summed E-state index contributed by atoms with van der Waals surface area (Å²) in [7, 11) is 3.69. The summed E-state index contributed by atoms with van der Waals surface area (Å²) in [5.74, 6) is -0.0875. The molecule has 1 aliphatic rings. The van der Waals surface area contributed by atoms with Crippen molar-refractivity contribution in [1.82, 2.24) is 9.80 Å². The molecule has 23 heavy (non-hydrogen) atoms. The zero-order valence-electron chi connectivity index (χ0n) is 14.0. The minimum absolute atomic E-state index is 0.0105. The number of benzene rings is 1. The summed E-state index contributed by atoms with van der Waals surface area (Å²) in [4.78, 5) is 27.9. The van der Waals surface area contributed by atoms with Crippen molar-refractivity contribution in [2.24, 2.45) is 0 Å². The molecule has 1 fully saturated rings. The maximum Gasteiger partial charge on any atom is 0.238 e. The lowest BCUT2D eigenvalue weighted by atomic mass is 10.1. The Morgan fingerprint density at radius 2 is 1.65 bits per heavy atom.